The largest absolute Gasteiger partial charge is 0.436 e. The van der Waals surface area contributed by atoms with E-state index in [4.69, 9.17) is 4.74 Å². The highest BCUT2D eigenvalue weighted by Crippen LogP contribution is 2.29. The Balaban J connectivity index is 2.03. The first kappa shape index (κ1) is 11.6. The van der Waals surface area contributed by atoms with Crippen molar-refractivity contribution in [2.75, 3.05) is 0 Å². The summed E-state index contributed by atoms with van der Waals surface area (Å²) in [6.07, 6.45) is 1.58. The van der Waals surface area contributed by atoms with E-state index in [0.29, 0.717) is 17.1 Å². The molecule has 3 rings (SSSR count). The monoisotopic (exact) mass is 257 g/mol. The maximum atomic E-state index is 14.3. The molecule has 2 aromatic heterocycles. The third-order valence-electron chi connectivity index (χ3n) is 2.80. The maximum Gasteiger partial charge on any atom is 0.222 e. The van der Waals surface area contributed by atoms with Gasteiger partial charge in [-0.05, 0) is 32.0 Å². The van der Waals surface area contributed by atoms with Crippen molar-refractivity contribution in [2.24, 2.45) is 0 Å². The van der Waals surface area contributed by atoms with Crippen LogP contribution in [0.3, 0.4) is 0 Å². The number of hydrogen-bond acceptors (Lipinski definition) is 3. The van der Waals surface area contributed by atoms with E-state index in [0.717, 1.165) is 11.2 Å². The number of nitrogens with zero attached hydrogens (tertiary/aromatic N) is 2. The number of nitrogens with one attached hydrogen (secondary N) is 1. The second-order valence-electron chi connectivity index (χ2n) is 4.34. The van der Waals surface area contributed by atoms with Gasteiger partial charge in [-0.25, -0.2) is 9.37 Å². The Morgan fingerprint density at radius 2 is 2.05 bits per heavy atom. The number of ether oxygens (including phenoxy) is 1. The Bertz CT molecular complexity index is 752. The molecule has 0 saturated heterocycles. The zero-order chi connectivity index (χ0) is 13.4. The summed E-state index contributed by atoms with van der Waals surface area (Å²) in [7, 11) is 0. The normalized spacial score (nSPS) is 10.9. The van der Waals surface area contributed by atoms with Gasteiger partial charge in [-0.1, -0.05) is 0 Å². The first-order chi connectivity index (χ1) is 9.13. The predicted molar refractivity (Wildman–Crippen MR) is 69.8 cm³/mol. The summed E-state index contributed by atoms with van der Waals surface area (Å²) in [4.78, 5) is 11.1. The number of fused-ring (bicyclic) bond motifs is 1. The van der Waals surface area contributed by atoms with Crippen LogP contribution in [0.25, 0.3) is 10.9 Å². The van der Waals surface area contributed by atoms with Gasteiger partial charge in [0.25, 0.3) is 0 Å². The maximum absolute atomic E-state index is 14.3. The summed E-state index contributed by atoms with van der Waals surface area (Å²) in [5.41, 5.74) is 1.66. The summed E-state index contributed by atoms with van der Waals surface area (Å²) in [5, 5.41) is 0.515. The Morgan fingerprint density at radius 3 is 2.84 bits per heavy atom. The number of aryl methyl sites for hydroxylation is 2. The molecular weight excluding hydrogens is 245 g/mol. The van der Waals surface area contributed by atoms with E-state index in [1.165, 1.54) is 0 Å². The fourth-order valence-corrected chi connectivity index (χ4v) is 1.97. The fourth-order valence-electron chi connectivity index (χ4n) is 1.97. The van der Waals surface area contributed by atoms with Crippen LogP contribution in [-0.4, -0.2) is 15.0 Å². The van der Waals surface area contributed by atoms with Crippen molar-refractivity contribution < 1.29 is 9.13 Å². The molecule has 1 N–H and O–H groups in total. The number of benzene rings is 1. The predicted octanol–water partition coefficient (Wildman–Crippen LogP) is 3.51. The lowest BCUT2D eigenvalue weighted by Crippen LogP contribution is -1.94. The fraction of sp³-hybridized carbons (Fsp3) is 0.143. The zero-order valence-electron chi connectivity index (χ0n) is 10.6. The van der Waals surface area contributed by atoms with Crippen molar-refractivity contribution in [3.63, 3.8) is 0 Å². The van der Waals surface area contributed by atoms with Gasteiger partial charge in [-0.2, -0.15) is 4.98 Å². The minimum atomic E-state index is -0.391. The molecule has 1 aromatic carbocycles. The van der Waals surface area contributed by atoms with Gasteiger partial charge in [0.2, 0.25) is 5.88 Å². The van der Waals surface area contributed by atoms with Gasteiger partial charge in [0.05, 0.1) is 0 Å². The zero-order valence-corrected chi connectivity index (χ0v) is 10.6. The minimum Gasteiger partial charge on any atom is -0.436 e. The van der Waals surface area contributed by atoms with Gasteiger partial charge < -0.3 is 9.72 Å². The quantitative estimate of drug-likeness (QED) is 0.764. The van der Waals surface area contributed by atoms with E-state index in [1.807, 2.05) is 6.92 Å². The van der Waals surface area contributed by atoms with E-state index in [-0.39, 0.29) is 5.75 Å². The molecule has 2 heterocycles. The first-order valence-electron chi connectivity index (χ1n) is 5.89. The molecule has 0 amide bonds. The summed E-state index contributed by atoms with van der Waals surface area (Å²) >= 11 is 0. The van der Waals surface area contributed by atoms with Crippen LogP contribution in [0.5, 0.6) is 11.6 Å². The van der Waals surface area contributed by atoms with Crippen molar-refractivity contribution in [3.05, 3.63) is 47.8 Å². The average Bonchev–Trinajstić information content (AvgIpc) is 2.75. The van der Waals surface area contributed by atoms with Gasteiger partial charge in [-0.3, -0.25) is 0 Å². The molecule has 0 unspecified atom stereocenters. The summed E-state index contributed by atoms with van der Waals surface area (Å²) < 4.78 is 19.7. The van der Waals surface area contributed by atoms with Crippen LogP contribution in [0.2, 0.25) is 0 Å². The average molecular weight is 257 g/mol. The first-order valence-corrected chi connectivity index (χ1v) is 5.89. The lowest BCUT2D eigenvalue weighted by molar-refractivity contribution is 0.428. The summed E-state index contributed by atoms with van der Waals surface area (Å²) in [6, 6.07) is 6.72. The van der Waals surface area contributed by atoms with E-state index in [9.17, 15) is 4.39 Å². The van der Waals surface area contributed by atoms with Gasteiger partial charge >= 0.3 is 0 Å². The van der Waals surface area contributed by atoms with Gasteiger partial charge in [0.15, 0.2) is 11.6 Å². The second kappa shape index (κ2) is 4.35. The van der Waals surface area contributed by atoms with Crippen LogP contribution in [0.1, 0.15) is 11.5 Å². The minimum absolute atomic E-state index is 0.157. The van der Waals surface area contributed by atoms with E-state index < -0.39 is 5.82 Å². The molecule has 0 spiro atoms. The molecule has 0 aliphatic carbocycles. The molecule has 0 radical (unpaired) electrons. The molecule has 0 aliphatic rings. The SMILES string of the molecule is Cc1nccc(Oc2ccc3[nH]c(C)cc3c2F)n1. The number of halogens is 1. The molecule has 0 saturated carbocycles. The van der Waals surface area contributed by atoms with Gasteiger partial charge in [0.1, 0.15) is 5.82 Å². The molecule has 0 bridgehead atoms. The van der Waals surface area contributed by atoms with E-state index in [2.05, 4.69) is 15.0 Å². The molecule has 5 heteroatoms. The number of rotatable bonds is 2. The standard InChI is InChI=1S/C14H12FN3O/c1-8-7-10-11(17-8)3-4-12(14(10)15)19-13-5-6-16-9(2)18-13/h3-7,17H,1-2H3. The molecule has 96 valence electrons. The Hall–Kier alpha value is -2.43. The lowest BCUT2D eigenvalue weighted by Gasteiger charge is -2.06. The summed E-state index contributed by atoms with van der Waals surface area (Å²) in [5.74, 6) is 0.678. The molecule has 19 heavy (non-hydrogen) atoms. The number of aromatic amines is 1. The molecule has 4 nitrogen and oxygen atoms in total. The number of H-pyrrole nitrogens is 1. The van der Waals surface area contributed by atoms with E-state index >= 15 is 0 Å². The smallest absolute Gasteiger partial charge is 0.222 e. The third kappa shape index (κ3) is 2.14. The highest BCUT2D eigenvalue weighted by molar-refractivity contribution is 5.82. The van der Waals surface area contributed by atoms with Crippen molar-refractivity contribution in [1.82, 2.24) is 15.0 Å². The topological polar surface area (TPSA) is 50.8 Å². The van der Waals surface area contributed by atoms with Gasteiger partial charge in [0, 0.05) is 28.9 Å². The van der Waals surface area contributed by atoms with Crippen LogP contribution >= 0.6 is 0 Å². The number of aromatic nitrogens is 3. The number of hydrogen-bond donors (Lipinski definition) is 1. The van der Waals surface area contributed by atoms with Crippen molar-refractivity contribution >= 4 is 10.9 Å². The van der Waals surface area contributed by atoms with Crippen LogP contribution in [0.15, 0.2) is 30.5 Å². The van der Waals surface area contributed by atoms with Crippen LogP contribution < -0.4 is 4.74 Å². The third-order valence-corrected chi connectivity index (χ3v) is 2.80. The molecule has 3 aromatic rings. The molecule has 0 aliphatic heterocycles. The highest BCUT2D eigenvalue weighted by atomic mass is 19.1. The second-order valence-corrected chi connectivity index (χ2v) is 4.34. The highest BCUT2D eigenvalue weighted by Gasteiger charge is 2.11. The van der Waals surface area contributed by atoms with Crippen LogP contribution in [-0.2, 0) is 0 Å². The van der Waals surface area contributed by atoms with E-state index in [1.54, 1.807) is 37.4 Å². The van der Waals surface area contributed by atoms with Crippen LogP contribution in [0.4, 0.5) is 4.39 Å². The molecule has 0 fully saturated rings. The van der Waals surface area contributed by atoms with Crippen molar-refractivity contribution in [1.29, 1.82) is 0 Å². The Kier molecular flexibility index (Phi) is 2.67. The lowest BCUT2D eigenvalue weighted by atomic mass is 10.2. The Morgan fingerprint density at radius 1 is 1.21 bits per heavy atom. The Labute approximate surface area is 109 Å². The summed E-state index contributed by atoms with van der Waals surface area (Å²) in [6.45, 7) is 3.63. The van der Waals surface area contributed by atoms with Gasteiger partial charge in [-0.15, -0.1) is 0 Å². The van der Waals surface area contributed by atoms with Crippen molar-refractivity contribution in [3.8, 4) is 11.6 Å². The van der Waals surface area contributed by atoms with Crippen LogP contribution in [0, 0.1) is 19.7 Å². The molecular formula is C14H12FN3O. The van der Waals surface area contributed by atoms with Crippen molar-refractivity contribution in [2.45, 2.75) is 13.8 Å². The molecule has 0 atom stereocenters.